The number of hydrogen-bond donors (Lipinski definition) is 0. The average molecular weight is 264 g/mol. The Balaban J connectivity index is 2.15. The van der Waals surface area contributed by atoms with Gasteiger partial charge >= 0.3 is 0 Å². The average Bonchev–Trinajstić information content (AvgIpc) is 2.89. The first-order valence-corrected chi connectivity index (χ1v) is 5.71. The molecule has 0 atom stereocenters. The molecule has 0 N–H and O–H groups in total. The SMILES string of the molecule is COCCOc1ccc(-c2ccc(C=O)o2)cc1F. The van der Waals surface area contributed by atoms with E-state index in [1.165, 1.54) is 18.2 Å². The van der Waals surface area contributed by atoms with Crippen molar-refractivity contribution in [2.24, 2.45) is 0 Å². The van der Waals surface area contributed by atoms with Crippen molar-refractivity contribution >= 4 is 6.29 Å². The molecule has 0 fully saturated rings. The van der Waals surface area contributed by atoms with E-state index in [1.54, 1.807) is 19.2 Å². The molecule has 0 aliphatic rings. The van der Waals surface area contributed by atoms with Crippen molar-refractivity contribution in [2.75, 3.05) is 20.3 Å². The van der Waals surface area contributed by atoms with Crippen molar-refractivity contribution in [3.8, 4) is 17.1 Å². The van der Waals surface area contributed by atoms with Crippen LogP contribution in [-0.2, 0) is 4.74 Å². The van der Waals surface area contributed by atoms with Crippen molar-refractivity contribution in [3.05, 3.63) is 41.9 Å². The summed E-state index contributed by atoms with van der Waals surface area (Å²) in [5.74, 6) is 0.306. The maximum Gasteiger partial charge on any atom is 0.185 e. The molecule has 1 aromatic carbocycles. The van der Waals surface area contributed by atoms with Gasteiger partial charge in [0.05, 0.1) is 6.61 Å². The summed E-state index contributed by atoms with van der Waals surface area (Å²) in [5, 5.41) is 0. The lowest BCUT2D eigenvalue weighted by atomic mass is 10.1. The zero-order valence-electron chi connectivity index (χ0n) is 10.4. The van der Waals surface area contributed by atoms with Gasteiger partial charge in [0.25, 0.3) is 0 Å². The normalized spacial score (nSPS) is 10.4. The quantitative estimate of drug-likeness (QED) is 0.594. The molecule has 0 unspecified atom stereocenters. The highest BCUT2D eigenvalue weighted by Crippen LogP contribution is 2.26. The van der Waals surface area contributed by atoms with Crippen LogP contribution in [0.3, 0.4) is 0 Å². The fourth-order valence-corrected chi connectivity index (χ4v) is 1.58. The standard InChI is InChI=1S/C14H13FO4/c1-17-6-7-18-14-4-2-10(8-12(14)15)13-5-3-11(9-16)19-13/h2-5,8-9H,6-7H2,1H3. The predicted octanol–water partition coefficient (Wildman–Crippen LogP) is 2.92. The van der Waals surface area contributed by atoms with Crippen LogP contribution in [0.4, 0.5) is 4.39 Å². The van der Waals surface area contributed by atoms with Crippen molar-refractivity contribution in [1.29, 1.82) is 0 Å². The zero-order valence-corrected chi connectivity index (χ0v) is 10.4. The Bertz CT molecular complexity index is 562. The van der Waals surface area contributed by atoms with Gasteiger partial charge in [0.15, 0.2) is 23.6 Å². The molecule has 2 rings (SSSR count). The number of ether oxygens (including phenoxy) is 2. The van der Waals surface area contributed by atoms with Gasteiger partial charge in [0.2, 0.25) is 0 Å². The van der Waals surface area contributed by atoms with Crippen LogP contribution >= 0.6 is 0 Å². The number of benzene rings is 1. The highest BCUT2D eigenvalue weighted by atomic mass is 19.1. The van der Waals surface area contributed by atoms with Gasteiger partial charge in [-0.25, -0.2) is 4.39 Å². The molecule has 19 heavy (non-hydrogen) atoms. The lowest BCUT2D eigenvalue weighted by Gasteiger charge is -2.07. The number of carbonyl (C=O) groups excluding carboxylic acids is 1. The summed E-state index contributed by atoms with van der Waals surface area (Å²) in [7, 11) is 1.55. The number of halogens is 1. The van der Waals surface area contributed by atoms with Crippen LogP contribution in [0, 0.1) is 5.82 Å². The van der Waals surface area contributed by atoms with Crippen LogP contribution in [0.25, 0.3) is 11.3 Å². The molecule has 5 heteroatoms. The summed E-state index contributed by atoms with van der Waals surface area (Å²) >= 11 is 0. The molecule has 1 heterocycles. The number of aldehydes is 1. The maximum absolute atomic E-state index is 13.8. The summed E-state index contributed by atoms with van der Waals surface area (Å²) in [6.45, 7) is 0.672. The van der Waals surface area contributed by atoms with Gasteiger partial charge in [-0.05, 0) is 30.3 Å². The van der Waals surface area contributed by atoms with E-state index in [0.717, 1.165) is 0 Å². The topological polar surface area (TPSA) is 48.7 Å². The molecule has 0 radical (unpaired) electrons. The molecule has 4 nitrogen and oxygen atoms in total. The Hall–Kier alpha value is -2.14. The van der Waals surface area contributed by atoms with E-state index in [0.29, 0.717) is 24.2 Å². The molecule has 0 saturated carbocycles. The predicted molar refractivity (Wildman–Crippen MR) is 66.9 cm³/mol. The molecule has 0 spiro atoms. The lowest BCUT2D eigenvalue weighted by Crippen LogP contribution is -2.05. The van der Waals surface area contributed by atoms with Gasteiger partial charge in [-0.2, -0.15) is 0 Å². The summed E-state index contributed by atoms with van der Waals surface area (Å²) in [4.78, 5) is 10.5. The first-order chi connectivity index (χ1) is 9.24. The van der Waals surface area contributed by atoms with E-state index in [2.05, 4.69) is 0 Å². The van der Waals surface area contributed by atoms with E-state index in [4.69, 9.17) is 13.9 Å². The van der Waals surface area contributed by atoms with Crippen LogP contribution in [0.2, 0.25) is 0 Å². The van der Waals surface area contributed by atoms with Crippen LogP contribution in [0.15, 0.2) is 34.7 Å². The molecule has 0 aliphatic heterocycles. The molecule has 0 aliphatic carbocycles. The summed E-state index contributed by atoms with van der Waals surface area (Å²) in [6, 6.07) is 7.63. The van der Waals surface area contributed by atoms with Gasteiger partial charge < -0.3 is 13.9 Å². The van der Waals surface area contributed by atoms with Crippen LogP contribution in [0.1, 0.15) is 10.6 Å². The number of carbonyl (C=O) groups is 1. The number of furan rings is 1. The Kier molecular flexibility index (Phi) is 4.30. The number of hydrogen-bond acceptors (Lipinski definition) is 4. The van der Waals surface area contributed by atoms with Crippen LogP contribution in [0.5, 0.6) is 5.75 Å². The Morgan fingerprint density at radius 2 is 2.11 bits per heavy atom. The molecule has 0 bridgehead atoms. The second-order valence-corrected chi connectivity index (χ2v) is 3.81. The summed E-state index contributed by atoms with van der Waals surface area (Å²) in [6.07, 6.45) is 0.599. The Morgan fingerprint density at radius 1 is 1.26 bits per heavy atom. The van der Waals surface area contributed by atoms with Gasteiger partial charge in [0, 0.05) is 12.7 Å². The second kappa shape index (κ2) is 6.15. The summed E-state index contributed by atoms with van der Waals surface area (Å²) in [5.41, 5.74) is 0.546. The van der Waals surface area contributed by atoms with Crippen LogP contribution in [-0.4, -0.2) is 26.6 Å². The third-order valence-corrected chi connectivity index (χ3v) is 2.50. The van der Waals surface area contributed by atoms with E-state index in [-0.39, 0.29) is 18.1 Å². The monoisotopic (exact) mass is 264 g/mol. The van der Waals surface area contributed by atoms with E-state index in [1.807, 2.05) is 0 Å². The first-order valence-electron chi connectivity index (χ1n) is 5.71. The second-order valence-electron chi connectivity index (χ2n) is 3.81. The van der Waals surface area contributed by atoms with Gasteiger partial charge in [-0.15, -0.1) is 0 Å². The minimum absolute atomic E-state index is 0.156. The van der Waals surface area contributed by atoms with E-state index in [9.17, 15) is 9.18 Å². The van der Waals surface area contributed by atoms with E-state index >= 15 is 0 Å². The minimum Gasteiger partial charge on any atom is -0.488 e. The largest absolute Gasteiger partial charge is 0.488 e. The number of methoxy groups -OCH3 is 1. The molecular weight excluding hydrogens is 251 g/mol. The third kappa shape index (κ3) is 3.20. The van der Waals surface area contributed by atoms with Crippen molar-refractivity contribution < 1.29 is 23.1 Å². The van der Waals surface area contributed by atoms with Crippen molar-refractivity contribution in [3.63, 3.8) is 0 Å². The molecule has 2 aromatic rings. The molecule has 1 aromatic heterocycles. The molecule has 0 saturated heterocycles. The van der Waals surface area contributed by atoms with E-state index < -0.39 is 5.82 Å². The van der Waals surface area contributed by atoms with Gasteiger partial charge in [-0.1, -0.05) is 0 Å². The highest BCUT2D eigenvalue weighted by molar-refractivity contribution is 5.72. The maximum atomic E-state index is 13.8. The lowest BCUT2D eigenvalue weighted by molar-refractivity contribution is 0.110. The van der Waals surface area contributed by atoms with Crippen molar-refractivity contribution in [2.45, 2.75) is 0 Å². The smallest absolute Gasteiger partial charge is 0.185 e. The molecule has 100 valence electrons. The Morgan fingerprint density at radius 3 is 2.74 bits per heavy atom. The van der Waals surface area contributed by atoms with Gasteiger partial charge in [0.1, 0.15) is 12.4 Å². The third-order valence-electron chi connectivity index (χ3n) is 2.50. The highest BCUT2D eigenvalue weighted by Gasteiger charge is 2.09. The minimum atomic E-state index is -0.488. The Labute approximate surface area is 109 Å². The fraction of sp³-hybridized carbons (Fsp3) is 0.214. The number of rotatable bonds is 6. The first kappa shape index (κ1) is 13.3. The fourth-order valence-electron chi connectivity index (χ4n) is 1.58. The van der Waals surface area contributed by atoms with Gasteiger partial charge in [-0.3, -0.25) is 4.79 Å². The molecule has 0 amide bonds. The van der Waals surface area contributed by atoms with Crippen LogP contribution < -0.4 is 4.74 Å². The summed E-state index contributed by atoms with van der Waals surface area (Å²) < 4.78 is 29.0. The molecular formula is C14H13FO4. The van der Waals surface area contributed by atoms with Crippen molar-refractivity contribution in [1.82, 2.24) is 0 Å². The zero-order chi connectivity index (χ0) is 13.7.